The van der Waals surface area contributed by atoms with Crippen molar-refractivity contribution in [1.82, 2.24) is 16.0 Å². The summed E-state index contributed by atoms with van der Waals surface area (Å²) in [7, 11) is 0. The molecular formula is C25H41N5O6S2. The first-order valence-corrected chi connectivity index (χ1v) is 15.3. The Morgan fingerprint density at radius 1 is 0.816 bits per heavy atom. The van der Waals surface area contributed by atoms with Crippen molar-refractivity contribution in [3.05, 3.63) is 29.8 Å². The van der Waals surface area contributed by atoms with Crippen LogP contribution in [0.3, 0.4) is 0 Å². The lowest BCUT2D eigenvalue weighted by atomic mass is 10.0. The second kappa shape index (κ2) is 18.7. The summed E-state index contributed by atoms with van der Waals surface area (Å²) in [5.74, 6) is -1.60. The van der Waals surface area contributed by atoms with E-state index in [1.165, 1.54) is 23.9 Å². The van der Waals surface area contributed by atoms with Gasteiger partial charge < -0.3 is 37.6 Å². The molecule has 0 saturated carbocycles. The number of carboxylic acids is 1. The highest BCUT2D eigenvalue weighted by Crippen LogP contribution is 2.13. The normalized spacial score (nSPS) is 14.1. The minimum absolute atomic E-state index is 0.0592. The standard InChI is InChI=1S/C25H41N5O6S2/c1-37-13-10-18(27)22(32)30-21(15-16-6-8-17(31)9-7-16)24(34)28-19(5-3-4-12-26)23(33)29-20(25(35)36)11-14-38-2/h6-9,18-21,31H,3-5,10-15,26-27H2,1-2H3,(H,28,34)(H,29,33)(H,30,32)(H,35,36). The topological polar surface area (TPSA) is 197 Å². The Kier molecular flexibility index (Phi) is 16.5. The number of hydrogen-bond donors (Lipinski definition) is 7. The van der Waals surface area contributed by atoms with Gasteiger partial charge in [0.25, 0.3) is 0 Å². The summed E-state index contributed by atoms with van der Waals surface area (Å²) >= 11 is 3.01. The van der Waals surface area contributed by atoms with E-state index < -0.39 is 47.9 Å². The Labute approximate surface area is 232 Å². The molecule has 11 nitrogen and oxygen atoms in total. The summed E-state index contributed by atoms with van der Waals surface area (Å²) < 4.78 is 0. The van der Waals surface area contributed by atoms with Crippen LogP contribution in [0, 0.1) is 0 Å². The number of carbonyl (C=O) groups is 4. The Morgan fingerprint density at radius 3 is 1.95 bits per heavy atom. The number of carboxylic acid groups (broad SMARTS) is 1. The Morgan fingerprint density at radius 2 is 1.37 bits per heavy atom. The first kappa shape index (κ1) is 33.5. The fraction of sp³-hybridized carbons (Fsp3) is 0.600. The van der Waals surface area contributed by atoms with Gasteiger partial charge in [-0.2, -0.15) is 23.5 Å². The summed E-state index contributed by atoms with van der Waals surface area (Å²) in [4.78, 5) is 50.8. The van der Waals surface area contributed by atoms with E-state index in [4.69, 9.17) is 11.5 Å². The maximum absolute atomic E-state index is 13.4. The average Bonchev–Trinajstić information content (AvgIpc) is 2.89. The smallest absolute Gasteiger partial charge is 0.326 e. The van der Waals surface area contributed by atoms with Crippen molar-refractivity contribution >= 4 is 47.2 Å². The van der Waals surface area contributed by atoms with E-state index in [-0.39, 0.29) is 25.0 Å². The quantitative estimate of drug-likeness (QED) is 0.114. The largest absolute Gasteiger partial charge is 0.508 e. The molecule has 1 aromatic rings. The van der Waals surface area contributed by atoms with Gasteiger partial charge in [-0.05, 0) is 80.4 Å². The fourth-order valence-electron chi connectivity index (χ4n) is 3.53. The number of nitrogens with two attached hydrogens (primary N) is 2. The van der Waals surface area contributed by atoms with E-state index in [0.717, 1.165) is 0 Å². The molecule has 0 aliphatic heterocycles. The Bertz CT molecular complexity index is 889. The molecule has 4 unspecified atom stereocenters. The molecule has 0 radical (unpaired) electrons. The van der Waals surface area contributed by atoms with Crippen LogP contribution < -0.4 is 27.4 Å². The van der Waals surface area contributed by atoms with Crippen LogP contribution >= 0.6 is 23.5 Å². The van der Waals surface area contributed by atoms with Crippen molar-refractivity contribution in [3.63, 3.8) is 0 Å². The summed E-state index contributed by atoms with van der Waals surface area (Å²) in [6.45, 7) is 0.404. The Balaban J connectivity index is 3.10. The SMILES string of the molecule is CSCCC(N)C(=O)NC(Cc1ccc(O)cc1)C(=O)NC(CCCCN)C(=O)NC(CCSC)C(=O)O. The van der Waals surface area contributed by atoms with Gasteiger partial charge >= 0.3 is 5.97 Å². The zero-order valence-corrected chi connectivity index (χ0v) is 23.6. The zero-order valence-electron chi connectivity index (χ0n) is 22.0. The molecule has 13 heteroatoms. The Hall–Kier alpha value is -2.48. The number of phenolic OH excluding ortho intramolecular Hbond substituents is 1. The van der Waals surface area contributed by atoms with Crippen LogP contribution in [0.4, 0.5) is 0 Å². The van der Waals surface area contributed by atoms with Gasteiger partial charge in [-0.25, -0.2) is 4.79 Å². The molecule has 0 saturated heterocycles. The first-order chi connectivity index (χ1) is 18.1. The molecule has 0 aromatic heterocycles. The minimum atomic E-state index is -1.16. The summed E-state index contributed by atoms with van der Waals surface area (Å²) in [5.41, 5.74) is 12.3. The van der Waals surface area contributed by atoms with E-state index in [1.807, 2.05) is 12.5 Å². The molecule has 0 heterocycles. The number of rotatable bonds is 19. The van der Waals surface area contributed by atoms with Crippen LogP contribution in [-0.2, 0) is 25.6 Å². The third-order valence-electron chi connectivity index (χ3n) is 5.78. The van der Waals surface area contributed by atoms with Crippen LogP contribution in [-0.4, -0.2) is 88.6 Å². The van der Waals surface area contributed by atoms with E-state index in [9.17, 15) is 29.4 Å². The molecule has 0 aliphatic rings. The van der Waals surface area contributed by atoms with E-state index >= 15 is 0 Å². The summed E-state index contributed by atoms with van der Waals surface area (Å²) in [5, 5.41) is 27.0. The maximum atomic E-state index is 13.4. The van der Waals surface area contributed by atoms with Crippen molar-refractivity contribution in [1.29, 1.82) is 0 Å². The van der Waals surface area contributed by atoms with Crippen LogP contribution in [0.5, 0.6) is 5.75 Å². The minimum Gasteiger partial charge on any atom is -0.508 e. The number of nitrogens with one attached hydrogen (secondary N) is 3. The van der Waals surface area contributed by atoms with Crippen molar-refractivity contribution in [2.24, 2.45) is 11.5 Å². The molecule has 0 aliphatic carbocycles. The van der Waals surface area contributed by atoms with Crippen molar-refractivity contribution in [2.75, 3.05) is 30.6 Å². The van der Waals surface area contributed by atoms with Crippen LogP contribution in [0.2, 0.25) is 0 Å². The molecule has 38 heavy (non-hydrogen) atoms. The molecule has 0 spiro atoms. The van der Waals surface area contributed by atoms with Crippen molar-refractivity contribution in [2.45, 2.75) is 62.7 Å². The predicted octanol–water partition coefficient (Wildman–Crippen LogP) is 0.436. The van der Waals surface area contributed by atoms with Crippen LogP contribution in [0.15, 0.2) is 24.3 Å². The highest BCUT2D eigenvalue weighted by Gasteiger charge is 2.30. The number of thioether (sulfide) groups is 2. The monoisotopic (exact) mass is 571 g/mol. The molecule has 214 valence electrons. The third kappa shape index (κ3) is 12.9. The maximum Gasteiger partial charge on any atom is 0.326 e. The number of phenols is 1. The van der Waals surface area contributed by atoms with E-state index in [1.54, 1.807) is 23.9 Å². The van der Waals surface area contributed by atoms with Crippen LogP contribution in [0.25, 0.3) is 0 Å². The highest BCUT2D eigenvalue weighted by atomic mass is 32.2. The van der Waals surface area contributed by atoms with Gasteiger partial charge in [0.2, 0.25) is 17.7 Å². The third-order valence-corrected chi connectivity index (χ3v) is 7.07. The lowest BCUT2D eigenvalue weighted by Crippen LogP contribution is -2.57. The fourth-order valence-corrected chi connectivity index (χ4v) is 4.49. The molecule has 1 aromatic carbocycles. The second-order valence-electron chi connectivity index (χ2n) is 8.85. The lowest BCUT2D eigenvalue weighted by molar-refractivity contribution is -0.142. The molecule has 1 rings (SSSR count). The van der Waals surface area contributed by atoms with Gasteiger partial charge in [-0.15, -0.1) is 0 Å². The number of aromatic hydroxyl groups is 1. The van der Waals surface area contributed by atoms with Gasteiger partial charge in [-0.3, -0.25) is 14.4 Å². The molecule has 0 bridgehead atoms. The highest BCUT2D eigenvalue weighted by molar-refractivity contribution is 7.98. The van der Waals surface area contributed by atoms with Gasteiger partial charge in [0.05, 0.1) is 6.04 Å². The molecule has 3 amide bonds. The predicted molar refractivity (Wildman–Crippen MR) is 152 cm³/mol. The first-order valence-electron chi connectivity index (χ1n) is 12.5. The number of aliphatic carboxylic acids is 1. The molecular weight excluding hydrogens is 530 g/mol. The zero-order chi connectivity index (χ0) is 28.5. The van der Waals surface area contributed by atoms with E-state index in [2.05, 4.69) is 16.0 Å². The van der Waals surface area contributed by atoms with E-state index in [0.29, 0.717) is 42.9 Å². The second-order valence-corrected chi connectivity index (χ2v) is 10.8. The number of hydrogen-bond acceptors (Lipinski definition) is 9. The van der Waals surface area contributed by atoms with Gasteiger partial charge in [-0.1, -0.05) is 12.1 Å². The summed E-state index contributed by atoms with van der Waals surface area (Å²) in [6.07, 6.45) is 5.89. The summed E-state index contributed by atoms with van der Waals surface area (Å²) in [6, 6.07) is 2.23. The van der Waals surface area contributed by atoms with Crippen molar-refractivity contribution in [3.8, 4) is 5.75 Å². The number of unbranched alkanes of at least 4 members (excludes halogenated alkanes) is 1. The molecule has 9 N–H and O–H groups in total. The van der Waals surface area contributed by atoms with Gasteiger partial charge in [0, 0.05) is 6.42 Å². The lowest BCUT2D eigenvalue weighted by Gasteiger charge is -2.25. The number of benzene rings is 1. The van der Waals surface area contributed by atoms with Crippen molar-refractivity contribution < 1.29 is 29.4 Å². The van der Waals surface area contributed by atoms with Gasteiger partial charge in [0.15, 0.2) is 0 Å². The number of carbonyl (C=O) groups excluding carboxylic acids is 3. The molecule has 0 fully saturated rings. The molecule has 4 atom stereocenters. The number of amides is 3. The average molecular weight is 572 g/mol. The van der Waals surface area contributed by atoms with Gasteiger partial charge in [0.1, 0.15) is 23.9 Å². The van der Waals surface area contributed by atoms with Crippen LogP contribution in [0.1, 0.15) is 37.7 Å².